The van der Waals surface area contributed by atoms with Crippen LogP contribution in [0.15, 0.2) is 24.3 Å². The number of nitrogens with two attached hydrogens (primary N) is 1. The quantitative estimate of drug-likeness (QED) is 0.513. The van der Waals surface area contributed by atoms with Crippen molar-refractivity contribution >= 4 is 15.7 Å². The first-order valence-corrected chi connectivity index (χ1v) is 7.63. The Morgan fingerprint density at radius 3 is 2.79 bits per heavy atom. The standard InChI is InChI=1S/C12H20N2O4S/c1-17-7-3-6-14-19(15,16)9-8-18-12-5-2-4-11(13)10-12/h2,4-5,10,14H,3,6-9,13H2,1H3. The number of nitrogens with one attached hydrogen (secondary N) is 1. The van der Waals surface area contributed by atoms with Gasteiger partial charge in [-0.15, -0.1) is 0 Å². The van der Waals surface area contributed by atoms with Crippen LogP contribution in [0, 0.1) is 0 Å². The molecular formula is C12H20N2O4S. The van der Waals surface area contributed by atoms with E-state index in [0.29, 0.717) is 31.0 Å². The Balaban J connectivity index is 2.27. The molecule has 0 radical (unpaired) electrons. The molecule has 0 aliphatic heterocycles. The summed E-state index contributed by atoms with van der Waals surface area (Å²) in [7, 11) is -1.73. The van der Waals surface area contributed by atoms with Gasteiger partial charge in [-0.3, -0.25) is 0 Å². The van der Waals surface area contributed by atoms with Crippen LogP contribution in [-0.4, -0.2) is 41.0 Å². The minimum atomic E-state index is -3.30. The third kappa shape index (κ3) is 7.00. The number of sulfonamides is 1. The van der Waals surface area contributed by atoms with Gasteiger partial charge in [0.2, 0.25) is 10.0 Å². The molecule has 0 atom stereocenters. The predicted molar refractivity (Wildman–Crippen MR) is 74.6 cm³/mol. The van der Waals surface area contributed by atoms with E-state index < -0.39 is 10.0 Å². The summed E-state index contributed by atoms with van der Waals surface area (Å²) in [4.78, 5) is 0. The first-order chi connectivity index (χ1) is 9.03. The summed E-state index contributed by atoms with van der Waals surface area (Å²) in [5.74, 6) is 0.476. The molecule has 19 heavy (non-hydrogen) atoms. The zero-order valence-electron chi connectivity index (χ0n) is 11.0. The van der Waals surface area contributed by atoms with Gasteiger partial charge in [-0.05, 0) is 18.6 Å². The monoisotopic (exact) mass is 288 g/mol. The summed E-state index contributed by atoms with van der Waals surface area (Å²) >= 11 is 0. The number of methoxy groups -OCH3 is 1. The second kappa shape index (κ2) is 7.98. The van der Waals surface area contributed by atoms with Gasteiger partial charge in [0.1, 0.15) is 12.4 Å². The zero-order valence-corrected chi connectivity index (χ0v) is 11.8. The molecule has 0 amide bonds. The van der Waals surface area contributed by atoms with E-state index in [2.05, 4.69) is 4.72 Å². The molecule has 7 heteroatoms. The van der Waals surface area contributed by atoms with E-state index in [1.807, 2.05) is 0 Å². The Morgan fingerprint density at radius 2 is 2.11 bits per heavy atom. The van der Waals surface area contributed by atoms with Crippen LogP contribution in [0.2, 0.25) is 0 Å². The number of rotatable bonds is 9. The zero-order chi connectivity index (χ0) is 14.1. The van der Waals surface area contributed by atoms with Crippen LogP contribution < -0.4 is 15.2 Å². The Bertz CT molecular complexity index is 476. The summed E-state index contributed by atoms with van der Waals surface area (Å²) in [6, 6.07) is 6.87. The lowest BCUT2D eigenvalue weighted by Crippen LogP contribution is -2.30. The molecule has 6 nitrogen and oxygen atoms in total. The number of hydrogen-bond donors (Lipinski definition) is 2. The predicted octanol–water partition coefficient (Wildman–Crippen LogP) is 0.604. The maximum atomic E-state index is 11.6. The molecule has 0 saturated heterocycles. The maximum Gasteiger partial charge on any atom is 0.214 e. The third-order valence-electron chi connectivity index (χ3n) is 2.33. The molecule has 0 spiro atoms. The second-order valence-electron chi connectivity index (χ2n) is 3.98. The number of ether oxygens (including phenoxy) is 2. The van der Waals surface area contributed by atoms with E-state index >= 15 is 0 Å². The third-order valence-corrected chi connectivity index (χ3v) is 3.67. The lowest BCUT2D eigenvalue weighted by Gasteiger charge is -2.08. The number of anilines is 1. The Labute approximate surface area is 113 Å². The fourth-order valence-electron chi connectivity index (χ4n) is 1.39. The molecule has 0 unspecified atom stereocenters. The van der Waals surface area contributed by atoms with Gasteiger partial charge >= 0.3 is 0 Å². The molecule has 3 N–H and O–H groups in total. The smallest absolute Gasteiger partial charge is 0.214 e. The average Bonchev–Trinajstić information content (AvgIpc) is 2.35. The summed E-state index contributed by atoms with van der Waals surface area (Å²) in [5.41, 5.74) is 6.17. The minimum absolute atomic E-state index is 0.0864. The first kappa shape index (κ1) is 15.7. The Kier molecular flexibility index (Phi) is 6.61. The van der Waals surface area contributed by atoms with Crippen molar-refractivity contribution in [2.45, 2.75) is 6.42 Å². The molecule has 0 heterocycles. The average molecular weight is 288 g/mol. The molecule has 0 aliphatic rings. The fraction of sp³-hybridized carbons (Fsp3) is 0.500. The van der Waals surface area contributed by atoms with Gasteiger partial charge in [-0.2, -0.15) is 0 Å². The van der Waals surface area contributed by atoms with Crippen molar-refractivity contribution in [3.8, 4) is 5.75 Å². The molecule has 0 saturated carbocycles. The number of benzene rings is 1. The van der Waals surface area contributed by atoms with Gasteiger partial charge in [0, 0.05) is 32.0 Å². The van der Waals surface area contributed by atoms with Crippen molar-refractivity contribution < 1.29 is 17.9 Å². The molecule has 0 fully saturated rings. The van der Waals surface area contributed by atoms with Crippen LogP contribution in [-0.2, 0) is 14.8 Å². The highest BCUT2D eigenvalue weighted by Gasteiger charge is 2.09. The lowest BCUT2D eigenvalue weighted by atomic mass is 10.3. The molecule has 1 aromatic carbocycles. The van der Waals surface area contributed by atoms with Crippen LogP contribution in [0.25, 0.3) is 0 Å². The van der Waals surface area contributed by atoms with E-state index in [0.717, 1.165) is 0 Å². The largest absolute Gasteiger partial charge is 0.492 e. The van der Waals surface area contributed by atoms with Crippen molar-refractivity contribution in [3.05, 3.63) is 24.3 Å². The van der Waals surface area contributed by atoms with Gasteiger partial charge in [0.15, 0.2) is 0 Å². The van der Waals surface area contributed by atoms with Crippen LogP contribution in [0.5, 0.6) is 5.75 Å². The van der Waals surface area contributed by atoms with Gasteiger partial charge in [0.25, 0.3) is 0 Å². The van der Waals surface area contributed by atoms with Crippen molar-refractivity contribution in [2.24, 2.45) is 0 Å². The minimum Gasteiger partial charge on any atom is -0.492 e. The summed E-state index contributed by atoms with van der Waals surface area (Å²) < 4.78 is 35.8. The van der Waals surface area contributed by atoms with E-state index in [1.54, 1.807) is 31.4 Å². The van der Waals surface area contributed by atoms with Gasteiger partial charge in [-0.1, -0.05) is 6.07 Å². The fourth-order valence-corrected chi connectivity index (χ4v) is 2.29. The van der Waals surface area contributed by atoms with Crippen molar-refractivity contribution in [2.75, 3.05) is 38.4 Å². The Morgan fingerprint density at radius 1 is 1.32 bits per heavy atom. The molecule has 0 bridgehead atoms. The molecule has 0 aliphatic carbocycles. The first-order valence-electron chi connectivity index (χ1n) is 5.98. The number of nitrogen functional groups attached to an aromatic ring is 1. The summed E-state index contributed by atoms with van der Waals surface area (Å²) in [6.07, 6.45) is 0.645. The van der Waals surface area contributed by atoms with E-state index in [9.17, 15) is 8.42 Å². The van der Waals surface area contributed by atoms with Crippen LogP contribution in [0.3, 0.4) is 0 Å². The normalized spacial score (nSPS) is 11.4. The van der Waals surface area contributed by atoms with Gasteiger partial charge < -0.3 is 15.2 Å². The van der Waals surface area contributed by atoms with E-state index in [-0.39, 0.29) is 12.4 Å². The lowest BCUT2D eigenvalue weighted by molar-refractivity contribution is 0.196. The van der Waals surface area contributed by atoms with Crippen LogP contribution in [0.1, 0.15) is 6.42 Å². The molecular weight excluding hydrogens is 268 g/mol. The topological polar surface area (TPSA) is 90.6 Å². The highest BCUT2D eigenvalue weighted by atomic mass is 32.2. The molecule has 1 aromatic rings. The number of hydrogen-bond acceptors (Lipinski definition) is 5. The van der Waals surface area contributed by atoms with Gasteiger partial charge in [-0.25, -0.2) is 13.1 Å². The summed E-state index contributed by atoms with van der Waals surface area (Å²) in [5, 5.41) is 0. The highest BCUT2D eigenvalue weighted by molar-refractivity contribution is 7.89. The second-order valence-corrected chi connectivity index (χ2v) is 5.91. The highest BCUT2D eigenvalue weighted by Crippen LogP contribution is 2.14. The Hall–Kier alpha value is -1.31. The maximum absolute atomic E-state index is 11.6. The SMILES string of the molecule is COCCCNS(=O)(=O)CCOc1cccc(N)c1. The molecule has 108 valence electrons. The molecule has 1 rings (SSSR count). The van der Waals surface area contributed by atoms with E-state index in [4.69, 9.17) is 15.2 Å². The van der Waals surface area contributed by atoms with Crippen molar-refractivity contribution in [1.29, 1.82) is 0 Å². The molecule has 0 aromatic heterocycles. The van der Waals surface area contributed by atoms with Crippen LogP contribution in [0.4, 0.5) is 5.69 Å². The summed E-state index contributed by atoms with van der Waals surface area (Å²) in [6.45, 7) is 0.986. The van der Waals surface area contributed by atoms with Crippen LogP contribution >= 0.6 is 0 Å². The van der Waals surface area contributed by atoms with Crippen molar-refractivity contribution in [3.63, 3.8) is 0 Å². The van der Waals surface area contributed by atoms with Gasteiger partial charge in [0.05, 0.1) is 5.75 Å². The van der Waals surface area contributed by atoms with Crippen molar-refractivity contribution in [1.82, 2.24) is 4.72 Å². The van der Waals surface area contributed by atoms with E-state index in [1.165, 1.54) is 0 Å².